The van der Waals surface area contributed by atoms with Crippen LogP contribution in [-0.4, -0.2) is 4.57 Å². The van der Waals surface area contributed by atoms with Crippen LogP contribution in [0.5, 0.6) is 0 Å². The maximum absolute atomic E-state index is 6.42. The second-order valence-electron chi connectivity index (χ2n) is 28.2. The normalized spacial score (nSPS) is 11.7. The number of hydrogen-bond acceptors (Lipinski definition) is 4. The first kappa shape index (κ1) is 63.0. The van der Waals surface area contributed by atoms with Crippen molar-refractivity contribution in [2.45, 2.75) is 0 Å². The van der Waals surface area contributed by atoms with Crippen molar-refractivity contribution in [3.8, 4) is 50.2 Å². The minimum absolute atomic E-state index is 0.904. The molecule has 0 N–H and O–H groups in total. The third kappa shape index (κ3) is 10.9. The number of aromatic nitrogens is 1. The monoisotopic (exact) mass is 1390 g/mol. The van der Waals surface area contributed by atoms with Crippen molar-refractivity contribution in [3.63, 3.8) is 0 Å². The smallest absolute Gasteiger partial charge is 0.143 e. The third-order valence-corrected chi connectivity index (χ3v) is 22.0. The zero-order chi connectivity index (χ0) is 71.9. The van der Waals surface area contributed by atoms with E-state index in [1.807, 2.05) is 24.3 Å². The lowest BCUT2D eigenvalue weighted by atomic mass is 9.94. The van der Waals surface area contributed by atoms with Gasteiger partial charge < -0.3 is 23.2 Å². The van der Waals surface area contributed by atoms with Crippen molar-refractivity contribution < 1.29 is 8.83 Å². The molecule has 0 radical (unpaired) electrons. The van der Waals surface area contributed by atoms with E-state index >= 15 is 0 Å². The lowest BCUT2D eigenvalue weighted by Crippen LogP contribution is -2.10. The van der Waals surface area contributed by atoms with Crippen LogP contribution in [-0.2, 0) is 0 Å². The summed E-state index contributed by atoms with van der Waals surface area (Å²) < 4.78 is 15.2. The van der Waals surface area contributed by atoms with E-state index in [2.05, 4.69) is 397 Å². The van der Waals surface area contributed by atoms with Crippen LogP contribution in [0.1, 0.15) is 0 Å². The number of nitrogens with zero attached hydrogens (tertiary/aromatic N) is 3. The molecule has 0 atom stereocenters. The molecule has 0 saturated carbocycles. The van der Waals surface area contributed by atoms with Crippen molar-refractivity contribution >= 4 is 154 Å². The Labute approximate surface area is 629 Å². The standard InChI is InChI=1S/C54H36N2.C50H31NO2/c1-3-13-37(14-4-1)38-23-28-42(29-24-38)55(44-32-33-49-47-19-8-7-17-45(47)46-18-9-10-20-48(46)51(49)36-44)43-30-25-39(26-31-43)40-27-34-54-52(35-40)50-21-11-12-22-53(50)56(54)41-15-5-2-6-16-41;1-2-12-37-34(11-1)31-46(41-14-4-3-13-40(37)41)51(35-27-23-32(24-28-35)38-17-9-19-44-42-15-5-7-21-47(42)52-49(38)44)36-29-25-33(26-30-36)39-18-10-20-45-43-16-6-8-22-48(43)53-50(39)45/h1-36H;1-31H. The Bertz CT molecular complexity index is 7070. The Hall–Kier alpha value is -14.5. The highest BCUT2D eigenvalue weighted by atomic mass is 16.3. The Morgan fingerprint density at radius 2 is 0.569 bits per heavy atom. The van der Waals surface area contributed by atoms with Gasteiger partial charge in [0.15, 0.2) is 0 Å². The summed E-state index contributed by atoms with van der Waals surface area (Å²) in [6.45, 7) is 0. The van der Waals surface area contributed by atoms with Crippen LogP contribution in [0.3, 0.4) is 0 Å². The van der Waals surface area contributed by atoms with E-state index in [4.69, 9.17) is 8.83 Å². The minimum Gasteiger partial charge on any atom is -0.455 e. The zero-order valence-corrected chi connectivity index (χ0v) is 59.3. The highest BCUT2D eigenvalue weighted by molar-refractivity contribution is 6.26. The predicted octanol–water partition coefficient (Wildman–Crippen LogP) is 29.6. The van der Waals surface area contributed by atoms with Crippen LogP contribution in [0.4, 0.5) is 34.1 Å². The molecule has 0 bridgehead atoms. The highest BCUT2D eigenvalue weighted by Crippen LogP contribution is 2.47. The summed E-state index contributed by atoms with van der Waals surface area (Å²) in [7, 11) is 0. The van der Waals surface area contributed by atoms with Gasteiger partial charge in [0.1, 0.15) is 22.3 Å². The molecular formula is C104H67N3O2. The van der Waals surface area contributed by atoms with Gasteiger partial charge >= 0.3 is 0 Å². The lowest BCUT2D eigenvalue weighted by molar-refractivity contribution is 0.669. The molecule has 22 rings (SSSR count). The summed E-state index contributed by atoms with van der Waals surface area (Å²) in [5, 5.41) is 19.5. The van der Waals surface area contributed by atoms with E-state index in [0.717, 1.165) is 100 Å². The van der Waals surface area contributed by atoms with Gasteiger partial charge in [-0.3, -0.25) is 0 Å². The second kappa shape index (κ2) is 26.3. The van der Waals surface area contributed by atoms with Crippen molar-refractivity contribution in [3.05, 3.63) is 406 Å². The molecule has 5 heteroatoms. The van der Waals surface area contributed by atoms with Gasteiger partial charge in [-0.25, -0.2) is 0 Å². The van der Waals surface area contributed by atoms with Crippen molar-refractivity contribution in [2.75, 3.05) is 9.80 Å². The van der Waals surface area contributed by atoms with Crippen molar-refractivity contribution in [1.82, 2.24) is 4.57 Å². The Balaban J connectivity index is 0.000000139. The first-order valence-corrected chi connectivity index (χ1v) is 37.3. The molecule has 0 amide bonds. The van der Waals surface area contributed by atoms with Gasteiger partial charge in [0.2, 0.25) is 0 Å². The van der Waals surface area contributed by atoms with Gasteiger partial charge in [-0.05, 0) is 191 Å². The van der Waals surface area contributed by atoms with Gasteiger partial charge in [0.25, 0.3) is 0 Å². The number of furan rings is 2. The topological polar surface area (TPSA) is 37.7 Å². The molecule has 3 heterocycles. The van der Waals surface area contributed by atoms with Crippen LogP contribution in [0.2, 0.25) is 0 Å². The maximum Gasteiger partial charge on any atom is 0.143 e. The van der Waals surface area contributed by atoms with Crippen LogP contribution in [0.15, 0.2) is 415 Å². The molecule has 510 valence electrons. The Morgan fingerprint density at radius 1 is 0.193 bits per heavy atom. The van der Waals surface area contributed by atoms with E-state index < -0.39 is 0 Å². The fraction of sp³-hybridized carbons (Fsp3) is 0. The predicted molar refractivity (Wildman–Crippen MR) is 460 cm³/mol. The number of hydrogen-bond donors (Lipinski definition) is 0. The average molecular weight is 1390 g/mol. The van der Waals surface area contributed by atoms with Gasteiger partial charge in [0, 0.05) is 83.0 Å². The van der Waals surface area contributed by atoms with Gasteiger partial charge in [-0.2, -0.15) is 0 Å². The zero-order valence-electron chi connectivity index (χ0n) is 59.3. The molecule has 0 aliphatic rings. The summed E-state index contributed by atoms with van der Waals surface area (Å²) in [5.41, 5.74) is 23.0. The van der Waals surface area contributed by atoms with Crippen LogP contribution >= 0.6 is 0 Å². The van der Waals surface area contributed by atoms with Gasteiger partial charge in [-0.1, -0.05) is 297 Å². The van der Waals surface area contributed by atoms with E-state index in [9.17, 15) is 0 Å². The molecular weight excluding hydrogens is 1320 g/mol. The second-order valence-corrected chi connectivity index (χ2v) is 28.2. The molecule has 0 unspecified atom stereocenters. The number of fused-ring (bicyclic) bond motifs is 18. The van der Waals surface area contributed by atoms with Crippen molar-refractivity contribution in [2.24, 2.45) is 0 Å². The molecule has 109 heavy (non-hydrogen) atoms. The summed E-state index contributed by atoms with van der Waals surface area (Å²) in [5.74, 6) is 0. The molecule has 3 aromatic heterocycles. The Morgan fingerprint density at radius 3 is 1.13 bits per heavy atom. The first-order valence-electron chi connectivity index (χ1n) is 37.3. The lowest BCUT2D eigenvalue weighted by Gasteiger charge is -2.28. The molecule has 0 spiro atoms. The van der Waals surface area contributed by atoms with Crippen LogP contribution in [0.25, 0.3) is 170 Å². The van der Waals surface area contributed by atoms with Crippen molar-refractivity contribution in [1.29, 1.82) is 0 Å². The van der Waals surface area contributed by atoms with E-state index in [1.165, 1.54) is 104 Å². The fourth-order valence-corrected chi connectivity index (χ4v) is 16.9. The Kier molecular flexibility index (Phi) is 15.2. The molecule has 0 aliphatic heterocycles. The first-order chi connectivity index (χ1) is 54.1. The fourth-order valence-electron chi connectivity index (χ4n) is 16.9. The maximum atomic E-state index is 6.42. The molecule has 0 saturated heterocycles. The molecule has 0 aliphatic carbocycles. The number of anilines is 6. The van der Waals surface area contributed by atoms with Gasteiger partial charge in [0.05, 0.1) is 16.7 Å². The van der Waals surface area contributed by atoms with Crippen LogP contribution < -0.4 is 9.80 Å². The summed E-state index contributed by atoms with van der Waals surface area (Å²) >= 11 is 0. The highest BCUT2D eigenvalue weighted by Gasteiger charge is 2.23. The summed E-state index contributed by atoms with van der Waals surface area (Å²) in [4.78, 5) is 4.77. The third-order valence-electron chi connectivity index (χ3n) is 22.0. The molecule has 22 aromatic rings. The molecule has 5 nitrogen and oxygen atoms in total. The van der Waals surface area contributed by atoms with E-state index in [0.29, 0.717) is 0 Å². The molecule has 0 fully saturated rings. The SMILES string of the molecule is c1ccc(-c2ccc(N(c3ccc(-c4ccc5c(c4)c4ccccc4n5-c4ccccc4)cc3)c3ccc4c5ccccc5c5ccccc5c4c3)cc2)cc1.c1ccc2c(c1)cc(N(c1ccc(-c3cccc4c3oc3ccccc34)cc1)c1ccc(-c3cccc4c3oc3ccccc34)cc1)c1ccccc12. The minimum atomic E-state index is 0.904. The summed E-state index contributed by atoms with van der Waals surface area (Å²) in [6, 6.07) is 146. The van der Waals surface area contributed by atoms with E-state index in [-0.39, 0.29) is 0 Å². The largest absolute Gasteiger partial charge is 0.455 e. The number of para-hydroxylation sites is 6. The van der Waals surface area contributed by atoms with Crippen LogP contribution in [0, 0.1) is 0 Å². The van der Waals surface area contributed by atoms with Gasteiger partial charge in [-0.15, -0.1) is 0 Å². The average Bonchev–Trinajstić information content (AvgIpc) is 1.64. The number of benzene rings is 19. The molecule has 19 aromatic carbocycles. The van der Waals surface area contributed by atoms with E-state index in [1.54, 1.807) is 0 Å². The quantitative estimate of drug-likeness (QED) is 0.121. The summed E-state index contributed by atoms with van der Waals surface area (Å²) in [6.07, 6.45) is 0. The number of rotatable bonds is 11.